The van der Waals surface area contributed by atoms with Gasteiger partial charge in [-0.15, -0.1) is 0 Å². The molecule has 0 saturated heterocycles. The summed E-state index contributed by atoms with van der Waals surface area (Å²) in [4.78, 5) is 41.1. The lowest BCUT2D eigenvalue weighted by Crippen LogP contribution is -2.51. The largest absolute Gasteiger partial charge is 0.508 e. The van der Waals surface area contributed by atoms with Crippen LogP contribution in [0, 0.1) is 0 Å². The molecule has 1 aliphatic heterocycles. The number of aliphatic hydroxyl groups excluding tert-OH is 1. The Labute approximate surface area is 150 Å². The lowest BCUT2D eigenvalue weighted by molar-refractivity contribution is -0.129. The number of nitrogens with one attached hydrogen (secondary N) is 2. The molecule has 138 valence electrons. The minimum atomic E-state index is -0.924. The first-order valence-corrected chi connectivity index (χ1v) is 7.85. The second-order valence-electron chi connectivity index (χ2n) is 5.59. The van der Waals surface area contributed by atoms with Crippen molar-refractivity contribution in [2.24, 2.45) is 4.99 Å². The monoisotopic (exact) mass is 360 g/mol. The quantitative estimate of drug-likeness (QED) is 0.494. The van der Waals surface area contributed by atoms with Gasteiger partial charge in [-0.2, -0.15) is 0 Å². The number of phenols is 1. The number of carbonyl (C=O) groups is 3. The summed E-state index contributed by atoms with van der Waals surface area (Å²) in [5, 5.41) is 23.8. The van der Waals surface area contributed by atoms with Crippen molar-refractivity contribution in [3.63, 3.8) is 0 Å². The van der Waals surface area contributed by atoms with Crippen LogP contribution in [0.1, 0.15) is 12.5 Å². The average Bonchev–Trinajstić information content (AvgIpc) is 2.90. The van der Waals surface area contributed by atoms with E-state index in [1.165, 1.54) is 32.2 Å². The number of aliphatic hydroxyl groups is 1. The Balaban J connectivity index is 2.40. The fourth-order valence-electron chi connectivity index (χ4n) is 2.38. The van der Waals surface area contributed by atoms with Crippen LogP contribution in [0.2, 0.25) is 0 Å². The van der Waals surface area contributed by atoms with E-state index in [0.717, 1.165) is 4.90 Å². The average molecular weight is 360 g/mol. The fraction of sp³-hybridized carbons (Fsp3) is 0.294. The topological polar surface area (TPSA) is 131 Å². The van der Waals surface area contributed by atoms with Crippen LogP contribution in [-0.4, -0.2) is 64.9 Å². The molecule has 0 unspecified atom stereocenters. The first-order valence-electron chi connectivity index (χ1n) is 7.85. The van der Waals surface area contributed by atoms with Crippen LogP contribution in [0.15, 0.2) is 35.0 Å². The summed E-state index contributed by atoms with van der Waals surface area (Å²) >= 11 is 0. The number of aliphatic imine (C=N–C) groups is 1. The van der Waals surface area contributed by atoms with Crippen LogP contribution in [0.25, 0.3) is 6.08 Å². The minimum absolute atomic E-state index is 0.0541. The third-order valence-electron chi connectivity index (χ3n) is 3.62. The van der Waals surface area contributed by atoms with Crippen LogP contribution in [0.3, 0.4) is 0 Å². The van der Waals surface area contributed by atoms with Crippen molar-refractivity contribution in [3.8, 4) is 5.75 Å². The van der Waals surface area contributed by atoms with Gasteiger partial charge in [0.1, 0.15) is 29.9 Å². The summed E-state index contributed by atoms with van der Waals surface area (Å²) in [7, 11) is 1.43. The first-order chi connectivity index (χ1) is 12.3. The number of nitrogens with zero attached hydrogens (tertiary/aromatic N) is 2. The molecule has 0 radical (unpaired) electrons. The maximum Gasteiger partial charge on any atom is 0.278 e. The second-order valence-corrected chi connectivity index (χ2v) is 5.59. The summed E-state index contributed by atoms with van der Waals surface area (Å²) in [5.74, 6) is -1.19. The number of likely N-dealkylation sites (N-methyl/N-ethyl adjacent to an activating group) is 1. The smallest absolute Gasteiger partial charge is 0.278 e. The Hall–Kier alpha value is -3.20. The molecule has 1 aromatic rings. The molecule has 0 aliphatic carbocycles. The van der Waals surface area contributed by atoms with Gasteiger partial charge in [0.2, 0.25) is 11.8 Å². The van der Waals surface area contributed by atoms with Crippen molar-refractivity contribution in [3.05, 3.63) is 35.5 Å². The van der Waals surface area contributed by atoms with Gasteiger partial charge in [0, 0.05) is 14.0 Å². The summed E-state index contributed by atoms with van der Waals surface area (Å²) < 4.78 is 0. The van der Waals surface area contributed by atoms with E-state index < -0.39 is 30.4 Å². The lowest BCUT2D eigenvalue weighted by Gasteiger charge is -2.23. The Kier molecular flexibility index (Phi) is 6.07. The van der Waals surface area contributed by atoms with E-state index in [9.17, 15) is 24.6 Å². The van der Waals surface area contributed by atoms with Crippen LogP contribution in [0.5, 0.6) is 5.75 Å². The third kappa shape index (κ3) is 4.45. The van der Waals surface area contributed by atoms with E-state index in [4.69, 9.17) is 0 Å². The Bertz CT molecular complexity index is 770. The van der Waals surface area contributed by atoms with Gasteiger partial charge in [0.05, 0.1) is 6.61 Å². The number of hydrogen-bond acceptors (Lipinski definition) is 6. The highest BCUT2D eigenvalue weighted by atomic mass is 16.3. The summed E-state index contributed by atoms with van der Waals surface area (Å²) in [6.45, 7) is 0.496. The maximum absolute atomic E-state index is 12.7. The van der Waals surface area contributed by atoms with Crippen molar-refractivity contribution in [1.29, 1.82) is 0 Å². The van der Waals surface area contributed by atoms with Gasteiger partial charge in [0.15, 0.2) is 0 Å². The Morgan fingerprint density at radius 2 is 1.96 bits per heavy atom. The molecule has 1 heterocycles. The highest BCUT2D eigenvalue weighted by Gasteiger charge is 2.36. The summed E-state index contributed by atoms with van der Waals surface area (Å²) in [6.07, 6.45) is 1.49. The van der Waals surface area contributed by atoms with Gasteiger partial charge < -0.3 is 20.8 Å². The molecule has 1 aromatic carbocycles. The standard InChI is InChI=1S/C17H20N4O5/c1-10(23)19-14(9-22)16-20-13(7-11-3-5-12(24)6-4-11)17(26)21(16)8-15(25)18-2/h3-7,14,22,24H,8-9H2,1-2H3,(H,18,25)(H,19,23)/b13-7-/t14-/m0/s1. The van der Waals surface area contributed by atoms with Crippen molar-refractivity contribution >= 4 is 29.6 Å². The first kappa shape index (κ1) is 19.1. The highest BCUT2D eigenvalue weighted by molar-refractivity contribution is 6.17. The number of carbonyl (C=O) groups excluding carboxylic acids is 3. The summed E-state index contributed by atoms with van der Waals surface area (Å²) in [6, 6.07) is 5.21. The molecule has 9 heteroatoms. The zero-order chi connectivity index (χ0) is 19.3. The molecule has 1 aliphatic rings. The van der Waals surface area contributed by atoms with Gasteiger partial charge in [-0.3, -0.25) is 19.3 Å². The van der Waals surface area contributed by atoms with Crippen LogP contribution in [0.4, 0.5) is 0 Å². The molecule has 4 N–H and O–H groups in total. The molecule has 0 bridgehead atoms. The third-order valence-corrected chi connectivity index (χ3v) is 3.62. The van der Waals surface area contributed by atoms with Crippen LogP contribution < -0.4 is 10.6 Å². The summed E-state index contributed by atoms with van der Waals surface area (Å²) in [5.41, 5.74) is 0.675. The second kappa shape index (κ2) is 8.26. The van der Waals surface area contributed by atoms with E-state index >= 15 is 0 Å². The zero-order valence-electron chi connectivity index (χ0n) is 14.4. The molecular formula is C17H20N4O5. The van der Waals surface area contributed by atoms with Crippen molar-refractivity contribution in [2.45, 2.75) is 13.0 Å². The lowest BCUT2D eigenvalue weighted by atomic mass is 10.2. The van der Waals surface area contributed by atoms with Crippen molar-refractivity contribution < 1.29 is 24.6 Å². The molecule has 0 fully saturated rings. The van der Waals surface area contributed by atoms with Crippen molar-refractivity contribution in [2.75, 3.05) is 20.2 Å². The normalized spacial score (nSPS) is 16.4. The molecule has 9 nitrogen and oxygen atoms in total. The van der Waals surface area contributed by atoms with Gasteiger partial charge in [-0.25, -0.2) is 4.99 Å². The number of amidine groups is 1. The van der Waals surface area contributed by atoms with E-state index in [1.54, 1.807) is 12.1 Å². The van der Waals surface area contributed by atoms with Crippen LogP contribution in [-0.2, 0) is 14.4 Å². The molecule has 26 heavy (non-hydrogen) atoms. The number of amides is 3. The predicted molar refractivity (Wildman–Crippen MR) is 94.0 cm³/mol. The molecule has 0 saturated carbocycles. The van der Waals surface area contributed by atoms with E-state index in [1.807, 2.05) is 0 Å². The highest BCUT2D eigenvalue weighted by Crippen LogP contribution is 2.21. The molecule has 0 aromatic heterocycles. The van der Waals surface area contributed by atoms with E-state index in [-0.39, 0.29) is 23.8 Å². The molecule has 1 atom stereocenters. The zero-order valence-corrected chi connectivity index (χ0v) is 14.4. The minimum Gasteiger partial charge on any atom is -0.508 e. The predicted octanol–water partition coefficient (Wildman–Crippen LogP) is -0.783. The molecule has 3 amide bonds. The van der Waals surface area contributed by atoms with E-state index in [2.05, 4.69) is 15.6 Å². The number of hydrogen-bond donors (Lipinski definition) is 4. The van der Waals surface area contributed by atoms with Gasteiger partial charge in [-0.05, 0) is 23.8 Å². The van der Waals surface area contributed by atoms with E-state index in [0.29, 0.717) is 5.56 Å². The number of benzene rings is 1. The Morgan fingerprint density at radius 1 is 1.31 bits per heavy atom. The number of aromatic hydroxyl groups is 1. The molecule has 2 rings (SSSR count). The molecular weight excluding hydrogens is 340 g/mol. The van der Waals surface area contributed by atoms with Gasteiger partial charge in [0.25, 0.3) is 5.91 Å². The van der Waals surface area contributed by atoms with Crippen LogP contribution >= 0.6 is 0 Å². The number of rotatable bonds is 6. The Morgan fingerprint density at radius 3 is 2.50 bits per heavy atom. The van der Waals surface area contributed by atoms with Gasteiger partial charge in [-0.1, -0.05) is 12.1 Å². The fourth-order valence-corrected chi connectivity index (χ4v) is 2.38. The molecule has 0 spiro atoms. The van der Waals surface area contributed by atoms with Crippen molar-refractivity contribution in [1.82, 2.24) is 15.5 Å². The maximum atomic E-state index is 12.7. The van der Waals surface area contributed by atoms with Gasteiger partial charge >= 0.3 is 0 Å². The SMILES string of the molecule is CNC(=O)CN1C(=O)/C(=C/c2ccc(O)cc2)N=C1[C@H](CO)NC(C)=O. The number of phenolic OH excluding ortho intramolecular Hbond substituents is 1.